The van der Waals surface area contributed by atoms with Crippen LogP contribution in [0.4, 0.5) is 0 Å². The summed E-state index contributed by atoms with van der Waals surface area (Å²) in [7, 11) is 0. The van der Waals surface area contributed by atoms with Gasteiger partial charge in [0.05, 0.1) is 0 Å². The highest BCUT2D eigenvalue weighted by atomic mass is 16.1. The normalized spacial score (nSPS) is 16.4. The minimum Gasteiger partial charge on any atom is -0.303 e. The van der Waals surface area contributed by atoms with E-state index >= 15 is 0 Å². The van der Waals surface area contributed by atoms with Gasteiger partial charge in [0.15, 0.2) is 5.78 Å². The lowest BCUT2D eigenvalue weighted by molar-refractivity contribution is 0.0953. The van der Waals surface area contributed by atoms with Gasteiger partial charge in [0, 0.05) is 18.5 Å². The molecule has 1 aliphatic rings. The Balaban J connectivity index is 1.55. The molecule has 0 spiro atoms. The molecule has 0 saturated carbocycles. The van der Waals surface area contributed by atoms with Crippen LogP contribution in [0.3, 0.4) is 0 Å². The van der Waals surface area contributed by atoms with E-state index in [9.17, 15) is 4.79 Å². The van der Waals surface area contributed by atoms with E-state index in [2.05, 4.69) is 24.0 Å². The van der Waals surface area contributed by atoms with Crippen molar-refractivity contribution in [2.45, 2.75) is 26.2 Å². The van der Waals surface area contributed by atoms with Crippen LogP contribution in [-0.2, 0) is 0 Å². The molecular weight excluding hydrogens is 282 g/mol. The fourth-order valence-corrected chi connectivity index (χ4v) is 3.17. The molecule has 0 N–H and O–H groups in total. The Labute approximate surface area is 139 Å². The molecule has 0 atom stereocenters. The molecule has 1 heterocycles. The standard InChI is InChI=1S/C21H25NO/c1-17-11-14-22(15-12-17)16-13-21(23)20-9-7-19(8-10-20)18-5-3-2-4-6-18/h2-10,17H,11-16H2,1H3. The molecule has 0 aromatic heterocycles. The Kier molecular flexibility index (Phi) is 5.24. The van der Waals surface area contributed by atoms with Crippen LogP contribution in [-0.4, -0.2) is 30.3 Å². The van der Waals surface area contributed by atoms with Crippen molar-refractivity contribution in [2.24, 2.45) is 5.92 Å². The molecule has 0 bridgehead atoms. The van der Waals surface area contributed by atoms with E-state index < -0.39 is 0 Å². The molecule has 0 radical (unpaired) electrons. The minimum atomic E-state index is 0.253. The number of nitrogens with zero attached hydrogens (tertiary/aromatic N) is 1. The summed E-state index contributed by atoms with van der Waals surface area (Å²) in [5.74, 6) is 1.09. The summed E-state index contributed by atoms with van der Waals surface area (Å²) < 4.78 is 0. The van der Waals surface area contributed by atoms with Crippen LogP contribution in [0.1, 0.15) is 36.5 Å². The number of hydrogen-bond donors (Lipinski definition) is 0. The number of rotatable bonds is 5. The lowest BCUT2D eigenvalue weighted by Gasteiger charge is -2.29. The summed E-state index contributed by atoms with van der Waals surface area (Å²) in [6.45, 7) is 5.49. The van der Waals surface area contributed by atoms with Gasteiger partial charge in [-0.05, 0) is 43.0 Å². The Morgan fingerprint density at radius 1 is 0.957 bits per heavy atom. The van der Waals surface area contributed by atoms with Gasteiger partial charge < -0.3 is 4.90 Å². The molecule has 2 nitrogen and oxygen atoms in total. The first-order valence-electron chi connectivity index (χ1n) is 8.63. The number of ketones is 1. The lowest BCUT2D eigenvalue weighted by atomic mass is 9.98. The molecule has 0 unspecified atom stereocenters. The van der Waals surface area contributed by atoms with Crippen LogP contribution in [0, 0.1) is 5.92 Å². The zero-order valence-corrected chi connectivity index (χ0v) is 13.9. The van der Waals surface area contributed by atoms with Crippen molar-refractivity contribution in [3.8, 4) is 11.1 Å². The number of carbonyl (C=O) groups excluding carboxylic acids is 1. The molecule has 120 valence electrons. The van der Waals surface area contributed by atoms with E-state index in [4.69, 9.17) is 0 Å². The fraction of sp³-hybridized carbons (Fsp3) is 0.381. The van der Waals surface area contributed by atoms with Crippen LogP contribution >= 0.6 is 0 Å². The van der Waals surface area contributed by atoms with Crippen LogP contribution < -0.4 is 0 Å². The maximum absolute atomic E-state index is 12.4. The van der Waals surface area contributed by atoms with Gasteiger partial charge in [-0.1, -0.05) is 61.5 Å². The summed E-state index contributed by atoms with van der Waals surface area (Å²) in [5.41, 5.74) is 3.18. The molecule has 3 rings (SSSR count). The Hall–Kier alpha value is -1.93. The van der Waals surface area contributed by atoms with Crippen LogP contribution in [0.25, 0.3) is 11.1 Å². The third-order valence-corrected chi connectivity index (χ3v) is 4.85. The molecule has 1 aliphatic heterocycles. The SMILES string of the molecule is CC1CCN(CCC(=O)c2ccc(-c3ccccc3)cc2)CC1. The van der Waals surface area contributed by atoms with Gasteiger partial charge in [-0.3, -0.25) is 4.79 Å². The van der Waals surface area contributed by atoms with E-state index in [1.807, 2.05) is 42.5 Å². The van der Waals surface area contributed by atoms with Gasteiger partial charge in [-0.2, -0.15) is 0 Å². The van der Waals surface area contributed by atoms with Gasteiger partial charge in [0.1, 0.15) is 0 Å². The number of likely N-dealkylation sites (tertiary alicyclic amines) is 1. The number of carbonyl (C=O) groups is 1. The Bertz CT molecular complexity index is 625. The monoisotopic (exact) mass is 307 g/mol. The van der Waals surface area contributed by atoms with Crippen molar-refractivity contribution < 1.29 is 4.79 Å². The molecule has 23 heavy (non-hydrogen) atoms. The topological polar surface area (TPSA) is 20.3 Å². The number of piperidine rings is 1. The molecule has 1 saturated heterocycles. The zero-order valence-electron chi connectivity index (χ0n) is 13.9. The highest BCUT2D eigenvalue weighted by Gasteiger charge is 2.16. The number of benzene rings is 2. The fourth-order valence-electron chi connectivity index (χ4n) is 3.17. The predicted molar refractivity (Wildman–Crippen MR) is 95.7 cm³/mol. The maximum Gasteiger partial charge on any atom is 0.164 e. The second-order valence-electron chi connectivity index (χ2n) is 6.64. The van der Waals surface area contributed by atoms with Crippen molar-refractivity contribution in [3.63, 3.8) is 0 Å². The number of Topliss-reactive ketones (excluding diaryl/α,β-unsaturated/α-hetero) is 1. The first kappa shape index (κ1) is 15.9. The summed E-state index contributed by atoms with van der Waals surface area (Å²) in [6, 6.07) is 18.3. The lowest BCUT2D eigenvalue weighted by Crippen LogP contribution is -2.34. The highest BCUT2D eigenvalue weighted by Crippen LogP contribution is 2.20. The van der Waals surface area contributed by atoms with Crippen molar-refractivity contribution in [1.82, 2.24) is 4.90 Å². The first-order valence-corrected chi connectivity index (χ1v) is 8.63. The van der Waals surface area contributed by atoms with Crippen molar-refractivity contribution in [1.29, 1.82) is 0 Å². The average Bonchev–Trinajstić information content (AvgIpc) is 2.62. The third-order valence-electron chi connectivity index (χ3n) is 4.85. The van der Waals surface area contributed by atoms with E-state index in [1.54, 1.807) is 0 Å². The van der Waals surface area contributed by atoms with Crippen molar-refractivity contribution >= 4 is 5.78 Å². The van der Waals surface area contributed by atoms with Crippen LogP contribution in [0.2, 0.25) is 0 Å². The third kappa shape index (κ3) is 4.29. The molecule has 0 amide bonds. The summed E-state index contributed by atoms with van der Waals surface area (Å²) in [4.78, 5) is 14.8. The Morgan fingerprint density at radius 2 is 1.57 bits per heavy atom. The largest absolute Gasteiger partial charge is 0.303 e. The quantitative estimate of drug-likeness (QED) is 0.749. The van der Waals surface area contributed by atoms with Gasteiger partial charge in [0.25, 0.3) is 0 Å². The predicted octanol–water partition coefficient (Wildman–Crippen LogP) is 4.66. The molecule has 2 aromatic rings. The van der Waals surface area contributed by atoms with E-state index in [-0.39, 0.29) is 5.78 Å². The molecule has 2 heteroatoms. The number of hydrogen-bond acceptors (Lipinski definition) is 2. The molecular formula is C21H25NO. The van der Waals surface area contributed by atoms with Crippen molar-refractivity contribution in [3.05, 3.63) is 60.2 Å². The van der Waals surface area contributed by atoms with Crippen molar-refractivity contribution in [2.75, 3.05) is 19.6 Å². The molecule has 0 aliphatic carbocycles. The summed E-state index contributed by atoms with van der Waals surface area (Å²) in [6.07, 6.45) is 3.15. The Morgan fingerprint density at radius 3 is 2.22 bits per heavy atom. The molecule has 2 aromatic carbocycles. The average molecular weight is 307 g/mol. The second kappa shape index (κ2) is 7.56. The second-order valence-corrected chi connectivity index (χ2v) is 6.64. The maximum atomic E-state index is 12.4. The zero-order chi connectivity index (χ0) is 16.1. The van der Waals surface area contributed by atoms with E-state index in [0.717, 1.165) is 36.7 Å². The van der Waals surface area contributed by atoms with Gasteiger partial charge >= 0.3 is 0 Å². The van der Waals surface area contributed by atoms with E-state index in [0.29, 0.717) is 6.42 Å². The van der Waals surface area contributed by atoms with Crippen LogP contribution in [0.15, 0.2) is 54.6 Å². The summed E-state index contributed by atoms with van der Waals surface area (Å²) >= 11 is 0. The van der Waals surface area contributed by atoms with E-state index in [1.165, 1.54) is 18.4 Å². The first-order chi connectivity index (χ1) is 11.2. The van der Waals surface area contributed by atoms with Gasteiger partial charge in [0.2, 0.25) is 0 Å². The smallest absolute Gasteiger partial charge is 0.164 e. The minimum absolute atomic E-state index is 0.253. The molecule has 1 fully saturated rings. The van der Waals surface area contributed by atoms with Crippen LogP contribution in [0.5, 0.6) is 0 Å². The van der Waals surface area contributed by atoms with Gasteiger partial charge in [-0.15, -0.1) is 0 Å². The van der Waals surface area contributed by atoms with Gasteiger partial charge in [-0.25, -0.2) is 0 Å². The highest BCUT2D eigenvalue weighted by molar-refractivity contribution is 5.96. The summed E-state index contributed by atoms with van der Waals surface area (Å²) in [5, 5.41) is 0.